The van der Waals surface area contributed by atoms with Crippen LogP contribution in [0.15, 0.2) is 66.1 Å². The molecule has 0 atom stereocenters. The van der Waals surface area contributed by atoms with E-state index in [2.05, 4.69) is 21.4 Å². The van der Waals surface area contributed by atoms with Crippen LogP contribution in [0.5, 0.6) is 0 Å². The molecule has 0 unspecified atom stereocenters. The number of para-hydroxylation sites is 1. The lowest BCUT2D eigenvalue weighted by Crippen LogP contribution is -2.31. The molecule has 2 N–H and O–H groups in total. The van der Waals surface area contributed by atoms with Crippen molar-refractivity contribution in [1.29, 1.82) is 5.41 Å². The molecule has 0 bridgehead atoms. The van der Waals surface area contributed by atoms with Crippen LogP contribution in [-0.2, 0) is 15.6 Å². The number of nitrogens with one attached hydrogen (secondary N) is 2. The minimum Gasteiger partial charge on any atom is -0.369 e. The molecular weight excluding hydrogens is 398 g/mol. The Morgan fingerprint density at radius 1 is 1.17 bits per heavy atom. The smallest absolute Gasteiger partial charge is 0.236 e. The number of hydrogen-bond acceptors (Lipinski definition) is 6. The Hall–Kier alpha value is -3.26. The van der Waals surface area contributed by atoms with Crippen molar-refractivity contribution in [3.8, 4) is 5.69 Å². The first kappa shape index (κ1) is 20.0. The molecule has 3 aromatic rings. The topological polar surface area (TPSA) is 101 Å². The minimum atomic E-state index is -3.85. The summed E-state index contributed by atoms with van der Waals surface area (Å²) in [6.07, 6.45) is 7.02. The first-order chi connectivity index (χ1) is 14.5. The Kier molecular flexibility index (Phi) is 5.50. The van der Waals surface area contributed by atoms with E-state index >= 15 is 0 Å². The summed E-state index contributed by atoms with van der Waals surface area (Å²) in [4.78, 5) is 8.57. The predicted molar refractivity (Wildman–Crippen MR) is 116 cm³/mol. The maximum absolute atomic E-state index is 13.4. The summed E-state index contributed by atoms with van der Waals surface area (Å²) in [6.45, 7) is 2.60. The summed E-state index contributed by atoms with van der Waals surface area (Å²) in [5, 5.41) is 12.0. The second-order valence-electron chi connectivity index (χ2n) is 7.21. The summed E-state index contributed by atoms with van der Waals surface area (Å²) < 4.78 is 28.3. The van der Waals surface area contributed by atoms with Crippen molar-refractivity contribution in [3.05, 3.63) is 77.5 Å². The third-order valence-corrected chi connectivity index (χ3v) is 6.53. The van der Waals surface area contributed by atoms with E-state index in [9.17, 15) is 8.42 Å². The number of sulfone groups is 1. The van der Waals surface area contributed by atoms with Crippen LogP contribution in [0.1, 0.15) is 30.9 Å². The van der Waals surface area contributed by atoms with E-state index in [-0.39, 0.29) is 16.4 Å². The van der Waals surface area contributed by atoms with Gasteiger partial charge in [-0.25, -0.2) is 13.4 Å². The van der Waals surface area contributed by atoms with Gasteiger partial charge in [0, 0.05) is 24.6 Å². The van der Waals surface area contributed by atoms with Crippen LogP contribution >= 0.6 is 0 Å². The molecule has 1 aliphatic rings. The molecular formula is C22H23N5O2S. The van der Waals surface area contributed by atoms with Gasteiger partial charge in [0.1, 0.15) is 11.3 Å². The minimum absolute atomic E-state index is 0.0964. The van der Waals surface area contributed by atoms with Gasteiger partial charge in [-0.05, 0) is 49.1 Å². The van der Waals surface area contributed by atoms with E-state index in [4.69, 9.17) is 5.41 Å². The summed E-state index contributed by atoms with van der Waals surface area (Å²) in [5.41, 5.74) is 2.78. The monoisotopic (exact) mass is 421 g/mol. The lowest BCUT2D eigenvalue weighted by Gasteiger charge is -2.21. The molecule has 1 aromatic carbocycles. The fourth-order valence-corrected chi connectivity index (χ4v) is 4.99. The lowest BCUT2D eigenvalue weighted by molar-refractivity contribution is 0.576. The molecule has 0 amide bonds. The lowest BCUT2D eigenvalue weighted by atomic mass is 10.1. The molecule has 0 aliphatic carbocycles. The van der Waals surface area contributed by atoms with Crippen LogP contribution in [0, 0.1) is 5.41 Å². The van der Waals surface area contributed by atoms with Gasteiger partial charge < -0.3 is 5.32 Å². The summed E-state index contributed by atoms with van der Waals surface area (Å²) >= 11 is 0. The average Bonchev–Trinajstić information content (AvgIpc) is 2.72. The molecule has 7 nitrogen and oxygen atoms in total. The van der Waals surface area contributed by atoms with Gasteiger partial charge in [-0.2, -0.15) is 0 Å². The van der Waals surface area contributed by atoms with Crippen molar-refractivity contribution in [2.75, 3.05) is 11.9 Å². The van der Waals surface area contributed by atoms with Gasteiger partial charge in [0.25, 0.3) is 0 Å². The van der Waals surface area contributed by atoms with Gasteiger partial charge in [-0.3, -0.25) is 15.0 Å². The molecule has 30 heavy (non-hydrogen) atoms. The van der Waals surface area contributed by atoms with Crippen molar-refractivity contribution < 1.29 is 8.42 Å². The highest BCUT2D eigenvalue weighted by Crippen LogP contribution is 2.26. The Morgan fingerprint density at radius 2 is 1.97 bits per heavy atom. The van der Waals surface area contributed by atoms with Crippen LogP contribution in [-0.4, -0.2) is 29.5 Å². The number of hydrogen-bond donors (Lipinski definition) is 2. The van der Waals surface area contributed by atoms with Crippen LogP contribution < -0.4 is 10.8 Å². The third kappa shape index (κ3) is 3.91. The number of allylic oxidation sites excluding steroid dienone is 2. The van der Waals surface area contributed by atoms with Crippen molar-refractivity contribution in [2.45, 2.75) is 30.7 Å². The summed E-state index contributed by atoms with van der Waals surface area (Å²) in [5.74, 6) is 0.193. The molecule has 0 saturated heterocycles. The first-order valence-corrected chi connectivity index (χ1v) is 11.4. The van der Waals surface area contributed by atoms with Crippen molar-refractivity contribution in [1.82, 2.24) is 14.5 Å². The van der Waals surface area contributed by atoms with Gasteiger partial charge in [0.15, 0.2) is 0 Å². The zero-order valence-corrected chi connectivity index (χ0v) is 17.5. The molecule has 0 fully saturated rings. The number of benzene rings is 1. The summed E-state index contributed by atoms with van der Waals surface area (Å²) in [7, 11) is -3.85. The van der Waals surface area contributed by atoms with Crippen molar-refractivity contribution >= 4 is 21.2 Å². The maximum Gasteiger partial charge on any atom is 0.236 e. The Balaban J connectivity index is 1.99. The number of fused-ring (bicyclic) bond motifs is 1. The van der Waals surface area contributed by atoms with Gasteiger partial charge >= 0.3 is 0 Å². The van der Waals surface area contributed by atoms with Gasteiger partial charge in [-0.15, -0.1) is 0 Å². The van der Waals surface area contributed by atoms with E-state index in [1.807, 2.05) is 25.1 Å². The van der Waals surface area contributed by atoms with E-state index in [0.29, 0.717) is 29.2 Å². The van der Waals surface area contributed by atoms with Crippen LogP contribution in [0.3, 0.4) is 0 Å². The Bertz CT molecular complexity index is 1250. The van der Waals surface area contributed by atoms with Crippen LogP contribution in [0.4, 0.5) is 5.82 Å². The van der Waals surface area contributed by atoms with E-state index < -0.39 is 9.84 Å². The molecule has 2 aromatic heterocycles. The third-order valence-electron chi connectivity index (χ3n) is 4.99. The normalized spacial score (nSPS) is 14.1. The molecule has 3 heterocycles. The molecule has 0 radical (unpaired) electrons. The van der Waals surface area contributed by atoms with Gasteiger partial charge in [0.05, 0.1) is 11.3 Å². The SMILES string of the molecule is CC1=CCCCNc2nc(S(=O)(=O)Cc3cccnc3)n(-c3ccccc3)c(=N)c21. The van der Waals surface area contributed by atoms with Crippen molar-refractivity contribution in [2.24, 2.45) is 0 Å². The quantitative estimate of drug-likeness (QED) is 0.630. The fourth-order valence-electron chi connectivity index (χ4n) is 3.54. The predicted octanol–water partition coefficient (Wildman–Crippen LogP) is 3.33. The summed E-state index contributed by atoms with van der Waals surface area (Å²) in [6, 6.07) is 12.5. The molecule has 0 saturated carbocycles. The largest absolute Gasteiger partial charge is 0.369 e. The van der Waals surface area contributed by atoms with E-state index in [1.165, 1.54) is 10.8 Å². The van der Waals surface area contributed by atoms with E-state index in [0.717, 1.165) is 18.4 Å². The van der Waals surface area contributed by atoms with Crippen molar-refractivity contribution in [3.63, 3.8) is 0 Å². The molecule has 4 rings (SSSR count). The maximum atomic E-state index is 13.4. The molecule has 0 spiro atoms. The molecule has 154 valence electrons. The second kappa shape index (κ2) is 8.23. The second-order valence-corrected chi connectivity index (χ2v) is 9.10. The Morgan fingerprint density at radius 3 is 2.70 bits per heavy atom. The molecule has 1 aliphatic heterocycles. The number of pyridine rings is 1. The highest BCUT2D eigenvalue weighted by atomic mass is 32.2. The number of nitrogens with zero attached hydrogens (tertiary/aromatic N) is 3. The molecule has 8 heteroatoms. The fraction of sp³-hybridized carbons (Fsp3) is 0.227. The number of rotatable bonds is 4. The number of anilines is 1. The van der Waals surface area contributed by atoms with Gasteiger partial charge in [-0.1, -0.05) is 30.3 Å². The number of aromatic nitrogens is 3. The van der Waals surface area contributed by atoms with Crippen LogP contribution in [0.25, 0.3) is 11.3 Å². The first-order valence-electron chi connectivity index (χ1n) is 9.77. The van der Waals surface area contributed by atoms with Gasteiger partial charge in [0.2, 0.25) is 15.0 Å². The standard InChI is InChI=1S/C22H23N5O2S/c1-16-8-5-6-13-25-21-19(16)20(23)27(18-10-3-2-4-11-18)22(26-21)30(28,29)15-17-9-7-12-24-14-17/h2-4,7-12,14,23,25H,5-6,13,15H2,1H3. The highest BCUT2D eigenvalue weighted by Gasteiger charge is 2.27. The average molecular weight is 422 g/mol. The highest BCUT2D eigenvalue weighted by molar-refractivity contribution is 7.90. The Labute approximate surface area is 175 Å². The zero-order valence-electron chi connectivity index (χ0n) is 16.7. The zero-order chi connectivity index (χ0) is 21.1. The van der Waals surface area contributed by atoms with E-state index in [1.54, 1.807) is 30.5 Å². The van der Waals surface area contributed by atoms with Crippen LogP contribution in [0.2, 0.25) is 0 Å².